The highest BCUT2D eigenvalue weighted by Gasteiger charge is 2.20. The zero-order valence-electron chi connectivity index (χ0n) is 14.6. The molecule has 0 unspecified atom stereocenters. The largest absolute Gasteiger partial charge is 0.494 e. The predicted octanol–water partition coefficient (Wildman–Crippen LogP) is 3.64. The highest BCUT2D eigenvalue weighted by atomic mass is 19.1. The summed E-state index contributed by atoms with van der Waals surface area (Å²) in [5.41, 5.74) is 2.56. The van der Waals surface area contributed by atoms with Crippen molar-refractivity contribution in [2.45, 2.75) is 26.9 Å². The van der Waals surface area contributed by atoms with Gasteiger partial charge in [-0.25, -0.2) is 9.18 Å². The molecular formula is C19H20FNO4. The van der Waals surface area contributed by atoms with E-state index in [9.17, 15) is 14.0 Å². The van der Waals surface area contributed by atoms with Gasteiger partial charge in [0.15, 0.2) is 17.7 Å². The van der Waals surface area contributed by atoms with E-state index in [1.54, 1.807) is 0 Å². The van der Waals surface area contributed by atoms with Crippen molar-refractivity contribution in [2.75, 3.05) is 12.4 Å². The number of rotatable bonds is 5. The molecule has 2 aromatic rings. The lowest BCUT2D eigenvalue weighted by Gasteiger charge is -2.15. The highest BCUT2D eigenvalue weighted by Crippen LogP contribution is 2.19. The molecule has 0 saturated heterocycles. The summed E-state index contributed by atoms with van der Waals surface area (Å²) in [6.07, 6.45) is -1.03. The Morgan fingerprint density at radius 1 is 1.12 bits per heavy atom. The number of methoxy groups -OCH3 is 1. The summed E-state index contributed by atoms with van der Waals surface area (Å²) >= 11 is 0. The number of hydrogen-bond acceptors (Lipinski definition) is 4. The van der Waals surface area contributed by atoms with Crippen molar-refractivity contribution in [3.05, 3.63) is 58.9 Å². The first-order chi connectivity index (χ1) is 11.8. The highest BCUT2D eigenvalue weighted by molar-refractivity contribution is 5.97. The first kappa shape index (κ1) is 18.4. The minimum Gasteiger partial charge on any atom is -0.494 e. The van der Waals surface area contributed by atoms with Crippen molar-refractivity contribution in [3.8, 4) is 5.75 Å². The van der Waals surface area contributed by atoms with Gasteiger partial charge in [-0.05, 0) is 56.2 Å². The normalized spacial score (nSPS) is 11.6. The van der Waals surface area contributed by atoms with Gasteiger partial charge in [0.25, 0.3) is 5.91 Å². The molecule has 1 atom stereocenters. The van der Waals surface area contributed by atoms with Crippen molar-refractivity contribution in [2.24, 2.45) is 0 Å². The van der Waals surface area contributed by atoms with Gasteiger partial charge in [0.05, 0.1) is 12.7 Å². The van der Waals surface area contributed by atoms with Crippen LogP contribution in [0.5, 0.6) is 5.75 Å². The summed E-state index contributed by atoms with van der Waals surface area (Å²) in [6.45, 7) is 5.24. The number of ether oxygens (including phenoxy) is 2. The fraction of sp³-hybridized carbons (Fsp3) is 0.263. The number of aryl methyl sites for hydroxylation is 2. The van der Waals surface area contributed by atoms with E-state index in [2.05, 4.69) is 5.32 Å². The van der Waals surface area contributed by atoms with Crippen molar-refractivity contribution < 1.29 is 23.5 Å². The number of anilines is 1. The maximum atomic E-state index is 13.7. The third-order valence-corrected chi connectivity index (χ3v) is 3.69. The molecule has 2 aromatic carbocycles. The molecule has 0 saturated carbocycles. The minimum atomic E-state index is -1.03. The van der Waals surface area contributed by atoms with Gasteiger partial charge in [-0.2, -0.15) is 0 Å². The second kappa shape index (κ2) is 7.79. The van der Waals surface area contributed by atoms with E-state index in [-0.39, 0.29) is 11.3 Å². The van der Waals surface area contributed by atoms with Gasteiger partial charge in [-0.15, -0.1) is 0 Å². The second-order valence-corrected chi connectivity index (χ2v) is 5.70. The van der Waals surface area contributed by atoms with Crippen LogP contribution in [0.1, 0.15) is 28.4 Å². The molecule has 1 amide bonds. The molecule has 1 N–H and O–H groups in total. The van der Waals surface area contributed by atoms with Crippen LogP contribution < -0.4 is 10.1 Å². The zero-order valence-corrected chi connectivity index (χ0v) is 14.6. The molecule has 0 heterocycles. The molecule has 0 bridgehead atoms. The number of amides is 1. The number of esters is 1. The minimum absolute atomic E-state index is 0.00434. The Balaban J connectivity index is 2.04. The fourth-order valence-corrected chi connectivity index (χ4v) is 2.18. The number of carbonyl (C=O) groups is 2. The molecular weight excluding hydrogens is 325 g/mol. The zero-order chi connectivity index (χ0) is 18.6. The van der Waals surface area contributed by atoms with Crippen LogP contribution in [0.2, 0.25) is 0 Å². The fourth-order valence-electron chi connectivity index (χ4n) is 2.18. The Hall–Kier alpha value is -2.89. The molecule has 25 heavy (non-hydrogen) atoms. The van der Waals surface area contributed by atoms with Crippen LogP contribution in [0.25, 0.3) is 0 Å². The van der Waals surface area contributed by atoms with Gasteiger partial charge in [-0.3, -0.25) is 4.79 Å². The van der Waals surface area contributed by atoms with Crippen LogP contribution in [0.3, 0.4) is 0 Å². The molecule has 0 aliphatic carbocycles. The molecule has 2 rings (SSSR count). The molecule has 0 aliphatic heterocycles. The Bertz CT molecular complexity index is 804. The first-order valence-corrected chi connectivity index (χ1v) is 7.74. The molecule has 0 aliphatic rings. The third-order valence-electron chi connectivity index (χ3n) is 3.69. The number of benzene rings is 2. The average molecular weight is 345 g/mol. The van der Waals surface area contributed by atoms with Crippen molar-refractivity contribution in [3.63, 3.8) is 0 Å². The summed E-state index contributed by atoms with van der Waals surface area (Å²) in [6, 6.07) is 9.37. The Morgan fingerprint density at radius 3 is 2.48 bits per heavy atom. The van der Waals surface area contributed by atoms with Crippen LogP contribution in [-0.4, -0.2) is 25.1 Å². The number of carbonyl (C=O) groups excluding carboxylic acids is 2. The van der Waals surface area contributed by atoms with Crippen molar-refractivity contribution in [1.82, 2.24) is 0 Å². The van der Waals surface area contributed by atoms with E-state index in [4.69, 9.17) is 9.47 Å². The van der Waals surface area contributed by atoms with E-state index >= 15 is 0 Å². The van der Waals surface area contributed by atoms with Crippen LogP contribution >= 0.6 is 0 Å². The number of halogens is 1. The van der Waals surface area contributed by atoms with Gasteiger partial charge in [-0.1, -0.05) is 12.1 Å². The quantitative estimate of drug-likeness (QED) is 0.841. The van der Waals surface area contributed by atoms with Crippen LogP contribution in [0, 0.1) is 19.7 Å². The average Bonchev–Trinajstić information content (AvgIpc) is 2.57. The van der Waals surface area contributed by atoms with E-state index in [0.717, 1.165) is 17.2 Å². The van der Waals surface area contributed by atoms with E-state index < -0.39 is 23.8 Å². The van der Waals surface area contributed by atoms with Gasteiger partial charge < -0.3 is 14.8 Å². The lowest BCUT2D eigenvalue weighted by molar-refractivity contribution is -0.123. The Morgan fingerprint density at radius 2 is 1.84 bits per heavy atom. The first-order valence-electron chi connectivity index (χ1n) is 7.74. The Labute approximate surface area is 145 Å². The van der Waals surface area contributed by atoms with Crippen molar-refractivity contribution >= 4 is 17.6 Å². The molecule has 0 spiro atoms. The van der Waals surface area contributed by atoms with E-state index in [0.29, 0.717) is 5.69 Å². The summed E-state index contributed by atoms with van der Waals surface area (Å²) in [7, 11) is 1.33. The molecule has 0 aromatic heterocycles. The maximum Gasteiger partial charge on any atom is 0.339 e. The standard InChI is InChI=1S/C19H20FNO4/c1-11-5-6-12(2)16(9-11)21-18(22)13(3)25-19(23)14-7-8-17(24-4)15(20)10-14/h5-10,13H,1-4H3,(H,21,22)/t13-/m1/s1. The smallest absolute Gasteiger partial charge is 0.339 e. The van der Waals surface area contributed by atoms with Gasteiger partial charge in [0.2, 0.25) is 0 Å². The van der Waals surface area contributed by atoms with Gasteiger partial charge >= 0.3 is 5.97 Å². The van der Waals surface area contributed by atoms with E-state index in [1.165, 1.54) is 26.2 Å². The summed E-state index contributed by atoms with van der Waals surface area (Å²) in [5.74, 6) is -1.90. The molecule has 6 heteroatoms. The van der Waals surface area contributed by atoms with Crippen LogP contribution in [-0.2, 0) is 9.53 Å². The molecule has 0 radical (unpaired) electrons. The maximum absolute atomic E-state index is 13.7. The van der Waals surface area contributed by atoms with Crippen LogP contribution in [0.15, 0.2) is 36.4 Å². The lowest BCUT2D eigenvalue weighted by atomic mass is 10.1. The summed E-state index contributed by atoms with van der Waals surface area (Å²) < 4.78 is 23.6. The Kier molecular flexibility index (Phi) is 5.75. The van der Waals surface area contributed by atoms with Gasteiger partial charge in [0.1, 0.15) is 0 Å². The monoisotopic (exact) mass is 345 g/mol. The lowest BCUT2D eigenvalue weighted by Crippen LogP contribution is -2.30. The second-order valence-electron chi connectivity index (χ2n) is 5.70. The van der Waals surface area contributed by atoms with Gasteiger partial charge in [0, 0.05) is 5.69 Å². The molecule has 132 valence electrons. The van der Waals surface area contributed by atoms with Crippen LogP contribution in [0.4, 0.5) is 10.1 Å². The van der Waals surface area contributed by atoms with Crippen molar-refractivity contribution in [1.29, 1.82) is 0 Å². The summed E-state index contributed by atoms with van der Waals surface area (Å²) in [4.78, 5) is 24.3. The SMILES string of the molecule is COc1ccc(C(=O)O[C@H](C)C(=O)Nc2cc(C)ccc2C)cc1F. The summed E-state index contributed by atoms with van der Waals surface area (Å²) in [5, 5.41) is 2.73. The topological polar surface area (TPSA) is 64.6 Å². The molecule has 5 nitrogen and oxygen atoms in total. The molecule has 0 fully saturated rings. The van der Waals surface area contributed by atoms with E-state index in [1.807, 2.05) is 32.0 Å². The number of nitrogens with one attached hydrogen (secondary N) is 1. The third kappa shape index (κ3) is 4.56. The number of hydrogen-bond donors (Lipinski definition) is 1. The predicted molar refractivity (Wildman–Crippen MR) is 92.4 cm³/mol.